The summed E-state index contributed by atoms with van der Waals surface area (Å²) in [5, 5.41) is 54.8. The van der Waals surface area contributed by atoms with Gasteiger partial charge in [-0.25, -0.2) is 29.5 Å². The molecule has 0 fully saturated rings. The van der Waals surface area contributed by atoms with Gasteiger partial charge >= 0.3 is 12.2 Å². The Morgan fingerprint density at radius 1 is 0.377 bits per heavy atom. The number of thiazole rings is 4. The minimum atomic E-state index is -0.415. The van der Waals surface area contributed by atoms with Gasteiger partial charge in [0.1, 0.15) is 67.3 Å². The van der Waals surface area contributed by atoms with Crippen molar-refractivity contribution in [3.63, 3.8) is 0 Å². The van der Waals surface area contributed by atoms with Crippen molar-refractivity contribution in [2.24, 2.45) is 0 Å². The Balaban J connectivity index is 0.000000140. The predicted molar refractivity (Wildman–Crippen MR) is 486 cm³/mol. The predicted octanol–water partition coefficient (Wildman–Crippen LogP) is 23.2. The van der Waals surface area contributed by atoms with E-state index in [1.165, 1.54) is 68.5 Å². The lowest BCUT2D eigenvalue weighted by molar-refractivity contribution is 0.165. The van der Waals surface area contributed by atoms with Crippen molar-refractivity contribution in [2.45, 2.75) is 182 Å². The zero-order valence-electron chi connectivity index (χ0n) is 70.7. The molecule has 4 aliphatic rings. The quantitative estimate of drug-likeness (QED) is 0.0437. The summed E-state index contributed by atoms with van der Waals surface area (Å²) in [5.41, 5.74) is 21.1. The summed E-state index contributed by atoms with van der Waals surface area (Å²) < 4.78 is 32.4. The Labute approximate surface area is 730 Å². The molecule has 2 amide bonds. The SMILES string of the molecule is CCCN[C@@H]1CCc2c(-c3cnc(-c4ccc(OC(C)C)c(C#N)c4)s3)cccc21.CCCN[C@H]1CCc2c(-c3cnc(-c4ccc(OC(C)C)c(C#N)c4)s3)cccc21.COC(=O)N[C@@H]1CCc2c(-c3cnc(-c4ccc(OC(C)C)c(C#N)c4)s3)cccc21.COC(=O)N[C@H]1CCc2c(-c3cnc(-c4ccc(OC(C)C)c(C#N)c4)s3)cccc21. The highest BCUT2D eigenvalue weighted by molar-refractivity contribution is 7.19. The smallest absolute Gasteiger partial charge is 0.407 e. The van der Waals surface area contributed by atoms with Crippen LogP contribution in [0.3, 0.4) is 0 Å². The maximum atomic E-state index is 11.7. The Morgan fingerprint density at radius 3 is 0.852 bits per heavy atom. The number of ether oxygens (including phenoxy) is 6. The average molecular weight is 1700 g/mol. The Morgan fingerprint density at radius 2 is 0.623 bits per heavy atom. The molecule has 0 radical (unpaired) electrons. The number of methoxy groups -OCH3 is 2. The number of benzene rings is 8. The summed E-state index contributed by atoms with van der Waals surface area (Å²) in [6.07, 6.45) is 17.2. The standard InChI is InChI=1S/2C25H27N3OS.2C24H23N3O3S/c2*1-4-12-27-22-10-9-19-20(22)6-5-7-21(19)24-15-28-25(30-24)17-8-11-23(29-16(2)3)18(13-17)14-26;2*1-14(2)30-21-10-7-15(11-16(21)12-25)23-26-13-22(31-23)19-6-4-5-18-17(19)8-9-20(18)27-24(28)29-3/h2*5-8,11,13,15-16,22,27H,4,9-10,12H2,1-3H3;2*4-7,10-11,13-14,20H,8-9H2,1-3H3,(H,27,28)/t2*22-;2*20-/m1010/s1. The van der Waals surface area contributed by atoms with Crippen molar-refractivity contribution in [3.05, 3.63) is 237 Å². The summed E-state index contributed by atoms with van der Waals surface area (Å²) in [6, 6.07) is 58.0. The van der Waals surface area contributed by atoms with E-state index in [9.17, 15) is 30.6 Å². The van der Waals surface area contributed by atoms with Gasteiger partial charge in [-0.15, -0.1) is 45.3 Å². The molecule has 4 aliphatic carbocycles. The maximum absolute atomic E-state index is 11.7. The van der Waals surface area contributed by atoms with Gasteiger partial charge in [-0.2, -0.15) is 21.0 Å². The fourth-order valence-corrected chi connectivity index (χ4v) is 19.7. The van der Waals surface area contributed by atoms with Crippen molar-refractivity contribution in [1.82, 2.24) is 41.2 Å². The van der Waals surface area contributed by atoms with Crippen molar-refractivity contribution < 1.29 is 38.0 Å². The molecule has 16 rings (SSSR count). The van der Waals surface area contributed by atoms with Crippen LogP contribution in [0.2, 0.25) is 0 Å². The fraction of sp³-hybridized carbons (Fsp3) is 0.327. The first-order valence-corrected chi connectivity index (χ1v) is 44.8. The van der Waals surface area contributed by atoms with Crippen molar-refractivity contribution in [3.8, 4) is 131 Å². The van der Waals surface area contributed by atoms with Crippen LogP contribution in [0, 0.1) is 45.3 Å². The number of aromatic nitrogens is 4. The number of nitriles is 4. The third-order valence-corrected chi connectivity index (χ3v) is 25.6. The molecular formula is C98H100N12O8S4. The van der Waals surface area contributed by atoms with Crippen LogP contribution in [0.1, 0.15) is 199 Å². The molecule has 624 valence electrons. The molecule has 4 atom stereocenters. The summed E-state index contributed by atoms with van der Waals surface area (Å²) >= 11 is 6.54. The lowest BCUT2D eigenvalue weighted by atomic mass is 10.0. The van der Waals surface area contributed by atoms with E-state index in [0.717, 1.165) is 152 Å². The second-order valence-electron chi connectivity index (χ2n) is 31.1. The van der Waals surface area contributed by atoms with E-state index in [2.05, 4.69) is 140 Å². The number of carbonyl (C=O) groups is 2. The number of hydrogen-bond donors (Lipinski definition) is 4. The van der Waals surface area contributed by atoms with Crippen LogP contribution in [0.15, 0.2) is 170 Å². The summed E-state index contributed by atoms with van der Waals surface area (Å²) in [4.78, 5) is 46.4. The van der Waals surface area contributed by atoms with Gasteiger partial charge in [-0.05, 0) is 272 Å². The van der Waals surface area contributed by atoms with Crippen molar-refractivity contribution in [2.75, 3.05) is 27.3 Å². The summed E-state index contributed by atoms with van der Waals surface area (Å²) in [6.45, 7) is 22.1. The van der Waals surface area contributed by atoms with Crippen LogP contribution in [-0.2, 0) is 35.2 Å². The molecule has 4 N–H and O–H groups in total. The van der Waals surface area contributed by atoms with Crippen molar-refractivity contribution >= 4 is 57.5 Å². The molecule has 24 heteroatoms. The van der Waals surface area contributed by atoms with E-state index in [1.807, 2.05) is 165 Å². The molecule has 0 aliphatic heterocycles. The molecule has 12 aromatic rings. The largest absolute Gasteiger partial charge is 0.490 e. The van der Waals surface area contributed by atoms with E-state index in [0.29, 0.717) is 57.3 Å². The molecule has 0 unspecified atom stereocenters. The highest BCUT2D eigenvalue weighted by atomic mass is 32.1. The number of alkyl carbamates (subject to hydrolysis) is 2. The first kappa shape index (κ1) is 87.7. The van der Waals surface area contributed by atoms with Gasteiger partial charge in [0, 0.05) is 59.1 Å². The Kier molecular flexibility index (Phi) is 29.5. The number of rotatable bonds is 24. The van der Waals surface area contributed by atoms with E-state index < -0.39 is 12.2 Å². The average Bonchev–Trinajstić information content (AvgIpc) is 1.65. The van der Waals surface area contributed by atoms with Crippen LogP contribution in [-0.4, -0.2) is 83.8 Å². The van der Waals surface area contributed by atoms with Crippen LogP contribution < -0.4 is 40.2 Å². The fourth-order valence-electron chi connectivity index (χ4n) is 15.9. The molecule has 0 spiro atoms. The third kappa shape index (κ3) is 20.7. The second-order valence-corrected chi connectivity index (χ2v) is 35.2. The maximum Gasteiger partial charge on any atom is 0.407 e. The zero-order valence-corrected chi connectivity index (χ0v) is 74.0. The number of amides is 2. The third-order valence-electron chi connectivity index (χ3n) is 21.2. The summed E-state index contributed by atoms with van der Waals surface area (Å²) in [7, 11) is 2.75. The molecule has 0 saturated carbocycles. The topological polar surface area (TPSA) is 284 Å². The van der Waals surface area contributed by atoms with Crippen LogP contribution >= 0.6 is 45.3 Å². The van der Waals surface area contributed by atoms with Gasteiger partial charge in [0.2, 0.25) is 0 Å². The van der Waals surface area contributed by atoms with E-state index in [-0.39, 0.29) is 36.5 Å². The lowest BCUT2D eigenvalue weighted by Gasteiger charge is -2.14. The minimum absolute atomic E-state index is 0.00193. The number of nitrogens with one attached hydrogen (secondary N) is 4. The van der Waals surface area contributed by atoms with E-state index in [4.69, 9.17) is 28.4 Å². The molecule has 0 bridgehead atoms. The molecule has 4 heterocycles. The number of fused-ring (bicyclic) bond motifs is 4. The van der Waals surface area contributed by atoms with Gasteiger partial charge in [0.05, 0.1) is 92.5 Å². The number of hydrogen-bond acceptors (Lipinski definition) is 22. The first-order chi connectivity index (χ1) is 59.2. The molecule has 20 nitrogen and oxygen atoms in total. The van der Waals surface area contributed by atoms with Crippen LogP contribution in [0.25, 0.3) is 84.0 Å². The number of carbonyl (C=O) groups excluding carboxylic acids is 2. The number of nitrogens with zero attached hydrogens (tertiary/aromatic N) is 8. The monoisotopic (exact) mass is 1700 g/mol. The molecule has 122 heavy (non-hydrogen) atoms. The van der Waals surface area contributed by atoms with Gasteiger partial charge in [-0.1, -0.05) is 86.6 Å². The van der Waals surface area contributed by atoms with Crippen LogP contribution in [0.5, 0.6) is 23.0 Å². The molecule has 8 aromatic carbocycles. The summed E-state index contributed by atoms with van der Waals surface area (Å²) in [5.74, 6) is 2.42. The van der Waals surface area contributed by atoms with Crippen molar-refractivity contribution in [1.29, 1.82) is 21.0 Å². The molecule has 4 aromatic heterocycles. The Bertz CT molecular complexity index is 5560. The van der Waals surface area contributed by atoms with Gasteiger partial charge in [0.15, 0.2) is 0 Å². The first-order valence-electron chi connectivity index (χ1n) is 41.5. The second kappa shape index (κ2) is 41.0. The van der Waals surface area contributed by atoms with E-state index >= 15 is 0 Å². The Hall–Kier alpha value is -12.1. The van der Waals surface area contributed by atoms with Gasteiger partial charge < -0.3 is 49.7 Å². The minimum Gasteiger partial charge on any atom is -0.490 e. The lowest BCUT2D eigenvalue weighted by Crippen LogP contribution is -2.26. The highest BCUT2D eigenvalue weighted by Crippen LogP contribution is 2.47. The molecular weight excluding hydrogens is 1600 g/mol. The highest BCUT2D eigenvalue weighted by Gasteiger charge is 2.32. The van der Waals surface area contributed by atoms with Gasteiger partial charge in [0.25, 0.3) is 0 Å². The van der Waals surface area contributed by atoms with Gasteiger partial charge in [-0.3, -0.25) is 0 Å². The normalized spacial score (nSPS) is 15.0. The van der Waals surface area contributed by atoms with E-state index in [1.54, 1.807) is 45.3 Å². The zero-order chi connectivity index (χ0) is 86.1. The molecule has 0 saturated heterocycles. The van der Waals surface area contributed by atoms with Crippen LogP contribution in [0.4, 0.5) is 9.59 Å².